The maximum absolute atomic E-state index is 10.9. The third-order valence-electron chi connectivity index (χ3n) is 1.75. The Kier molecular flexibility index (Phi) is 2.27. The molecule has 0 aromatic heterocycles. The second-order valence-corrected chi connectivity index (χ2v) is 2.80. The lowest BCUT2D eigenvalue weighted by Crippen LogP contribution is -2.52. The highest BCUT2D eigenvalue weighted by molar-refractivity contribution is 5.79. The van der Waals surface area contributed by atoms with E-state index in [1.54, 1.807) is 0 Å². The number of amides is 1. The van der Waals surface area contributed by atoms with Crippen LogP contribution in [0.4, 0.5) is 0 Å². The standard InChI is InChI=1S/C7H14N2O/c1-3-9-4-6(2)8-7(10)5-9/h6H,3-5H2,1-2H3,(H,8,10). The van der Waals surface area contributed by atoms with E-state index in [0.717, 1.165) is 13.1 Å². The molecule has 1 aliphatic heterocycles. The van der Waals surface area contributed by atoms with Crippen LogP contribution in [0.2, 0.25) is 0 Å². The second-order valence-electron chi connectivity index (χ2n) is 2.80. The van der Waals surface area contributed by atoms with Crippen molar-refractivity contribution in [3.8, 4) is 0 Å². The molecular formula is C7H14N2O. The van der Waals surface area contributed by atoms with E-state index in [2.05, 4.69) is 17.1 Å². The van der Waals surface area contributed by atoms with Crippen LogP contribution in [0, 0.1) is 0 Å². The van der Waals surface area contributed by atoms with Gasteiger partial charge in [-0.05, 0) is 13.5 Å². The molecule has 0 bridgehead atoms. The van der Waals surface area contributed by atoms with E-state index < -0.39 is 0 Å². The van der Waals surface area contributed by atoms with Crippen molar-refractivity contribution < 1.29 is 4.79 Å². The van der Waals surface area contributed by atoms with Gasteiger partial charge in [0.1, 0.15) is 0 Å². The number of nitrogens with one attached hydrogen (secondary N) is 1. The molecule has 1 saturated heterocycles. The minimum Gasteiger partial charge on any atom is -0.351 e. The molecule has 3 nitrogen and oxygen atoms in total. The van der Waals surface area contributed by atoms with Crippen LogP contribution < -0.4 is 5.32 Å². The topological polar surface area (TPSA) is 32.3 Å². The fourth-order valence-electron chi connectivity index (χ4n) is 1.26. The molecule has 1 atom stereocenters. The number of likely N-dealkylation sites (N-methyl/N-ethyl adjacent to an activating group) is 1. The van der Waals surface area contributed by atoms with Gasteiger partial charge in [0.25, 0.3) is 0 Å². The lowest BCUT2D eigenvalue weighted by molar-refractivity contribution is -0.125. The van der Waals surface area contributed by atoms with Crippen LogP contribution in [0.25, 0.3) is 0 Å². The normalized spacial score (nSPS) is 28.2. The Labute approximate surface area is 61.4 Å². The molecule has 1 N–H and O–H groups in total. The minimum absolute atomic E-state index is 0.153. The van der Waals surface area contributed by atoms with Gasteiger partial charge in [0.15, 0.2) is 0 Å². The van der Waals surface area contributed by atoms with Crippen molar-refractivity contribution in [2.75, 3.05) is 19.6 Å². The van der Waals surface area contributed by atoms with Crippen LogP contribution in [0.15, 0.2) is 0 Å². The zero-order valence-electron chi connectivity index (χ0n) is 6.55. The van der Waals surface area contributed by atoms with E-state index in [9.17, 15) is 4.79 Å². The molecule has 1 aliphatic rings. The summed E-state index contributed by atoms with van der Waals surface area (Å²) in [6, 6.07) is 0.321. The van der Waals surface area contributed by atoms with Crippen LogP contribution in [-0.2, 0) is 4.79 Å². The van der Waals surface area contributed by atoms with Gasteiger partial charge < -0.3 is 5.32 Å². The first-order chi connectivity index (χ1) is 4.72. The summed E-state index contributed by atoms with van der Waals surface area (Å²) in [4.78, 5) is 13.0. The molecule has 3 heteroatoms. The average Bonchev–Trinajstić information content (AvgIpc) is 1.85. The van der Waals surface area contributed by atoms with Crippen molar-refractivity contribution in [1.82, 2.24) is 10.2 Å². The third-order valence-corrected chi connectivity index (χ3v) is 1.75. The SMILES string of the molecule is CCN1CC(=O)NC(C)C1. The van der Waals surface area contributed by atoms with Gasteiger partial charge in [0, 0.05) is 12.6 Å². The van der Waals surface area contributed by atoms with Crippen LogP contribution in [0.1, 0.15) is 13.8 Å². The van der Waals surface area contributed by atoms with Gasteiger partial charge in [-0.25, -0.2) is 0 Å². The summed E-state index contributed by atoms with van der Waals surface area (Å²) in [7, 11) is 0. The monoisotopic (exact) mass is 142 g/mol. The zero-order valence-corrected chi connectivity index (χ0v) is 6.55. The number of hydrogen-bond acceptors (Lipinski definition) is 2. The van der Waals surface area contributed by atoms with E-state index in [-0.39, 0.29) is 5.91 Å². The number of carbonyl (C=O) groups is 1. The molecule has 0 spiro atoms. The Morgan fingerprint density at radius 2 is 2.50 bits per heavy atom. The Balaban J connectivity index is 2.42. The van der Waals surface area contributed by atoms with E-state index in [1.807, 2.05) is 6.92 Å². The molecule has 58 valence electrons. The number of rotatable bonds is 1. The molecule has 10 heavy (non-hydrogen) atoms. The van der Waals surface area contributed by atoms with Crippen LogP contribution >= 0.6 is 0 Å². The van der Waals surface area contributed by atoms with Gasteiger partial charge in [0.05, 0.1) is 6.54 Å². The zero-order chi connectivity index (χ0) is 7.56. The van der Waals surface area contributed by atoms with Crippen LogP contribution in [-0.4, -0.2) is 36.5 Å². The average molecular weight is 142 g/mol. The van der Waals surface area contributed by atoms with Gasteiger partial charge in [-0.3, -0.25) is 9.69 Å². The van der Waals surface area contributed by atoms with Crippen molar-refractivity contribution in [1.29, 1.82) is 0 Å². The first-order valence-electron chi connectivity index (χ1n) is 3.74. The fourth-order valence-corrected chi connectivity index (χ4v) is 1.26. The lowest BCUT2D eigenvalue weighted by atomic mass is 10.2. The molecule has 1 fully saturated rings. The van der Waals surface area contributed by atoms with Crippen LogP contribution in [0.3, 0.4) is 0 Å². The van der Waals surface area contributed by atoms with E-state index in [4.69, 9.17) is 0 Å². The summed E-state index contributed by atoms with van der Waals surface area (Å²) in [5.74, 6) is 0.153. The smallest absolute Gasteiger partial charge is 0.234 e. The maximum atomic E-state index is 10.9. The Morgan fingerprint density at radius 3 is 3.00 bits per heavy atom. The first kappa shape index (κ1) is 7.54. The van der Waals surface area contributed by atoms with Crippen molar-refractivity contribution in [3.05, 3.63) is 0 Å². The number of nitrogens with zero attached hydrogens (tertiary/aromatic N) is 1. The highest BCUT2D eigenvalue weighted by atomic mass is 16.2. The molecule has 0 radical (unpaired) electrons. The Bertz CT molecular complexity index is 136. The summed E-state index contributed by atoms with van der Waals surface area (Å²) < 4.78 is 0. The van der Waals surface area contributed by atoms with Crippen molar-refractivity contribution in [2.24, 2.45) is 0 Å². The number of hydrogen-bond donors (Lipinski definition) is 1. The van der Waals surface area contributed by atoms with E-state index in [1.165, 1.54) is 0 Å². The Hall–Kier alpha value is -0.570. The predicted molar refractivity (Wildman–Crippen MR) is 39.7 cm³/mol. The molecule has 1 rings (SSSR count). The van der Waals surface area contributed by atoms with Gasteiger partial charge in [-0.15, -0.1) is 0 Å². The summed E-state index contributed by atoms with van der Waals surface area (Å²) in [6.07, 6.45) is 0. The van der Waals surface area contributed by atoms with Gasteiger partial charge in [-0.2, -0.15) is 0 Å². The van der Waals surface area contributed by atoms with Gasteiger partial charge in [0.2, 0.25) is 5.91 Å². The molecular weight excluding hydrogens is 128 g/mol. The van der Waals surface area contributed by atoms with E-state index >= 15 is 0 Å². The quantitative estimate of drug-likeness (QED) is 0.551. The van der Waals surface area contributed by atoms with Crippen LogP contribution in [0.5, 0.6) is 0 Å². The molecule has 0 aromatic carbocycles. The molecule has 1 amide bonds. The number of piperazine rings is 1. The molecule has 1 unspecified atom stereocenters. The molecule has 0 aromatic rings. The highest BCUT2D eigenvalue weighted by Gasteiger charge is 2.19. The first-order valence-corrected chi connectivity index (χ1v) is 3.74. The van der Waals surface area contributed by atoms with Crippen molar-refractivity contribution >= 4 is 5.91 Å². The third kappa shape index (κ3) is 1.70. The summed E-state index contributed by atoms with van der Waals surface area (Å²) in [5, 5.41) is 2.86. The van der Waals surface area contributed by atoms with Crippen molar-refractivity contribution in [2.45, 2.75) is 19.9 Å². The predicted octanol–water partition coefficient (Wildman–Crippen LogP) is -0.173. The largest absolute Gasteiger partial charge is 0.351 e. The highest BCUT2D eigenvalue weighted by Crippen LogP contribution is 1.97. The molecule has 1 heterocycles. The minimum atomic E-state index is 0.153. The fraction of sp³-hybridized carbons (Fsp3) is 0.857. The molecule has 0 aliphatic carbocycles. The summed E-state index contributed by atoms with van der Waals surface area (Å²) in [6.45, 7) is 6.63. The lowest BCUT2D eigenvalue weighted by Gasteiger charge is -2.29. The second kappa shape index (κ2) is 3.01. The number of carbonyl (C=O) groups excluding carboxylic acids is 1. The summed E-state index contributed by atoms with van der Waals surface area (Å²) in [5.41, 5.74) is 0. The van der Waals surface area contributed by atoms with Gasteiger partial charge >= 0.3 is 0 Å². The van der Waals surface area contributed by atoms with Gasteiger partial charge in [-0.1, -0.05) is 6.92 Å². The summed E-state index contributed by atoms with van der Waals surface area (Å²) >= 11 is 0. The maximum Gasteiger partial charge on any atom is 0.234 e. The van der Waals surface area contributed by atoms with E-state index in [0.29, 0.717) is 12.6 Å². The molecule has 0 saturated carbocycles. The van der Waals surface area contributed by atoms with Crippen molar-refractivity contribution in [3.63, 3.8) is 0 Å². The Morgan fingerprint density at radius 1 is 1.80 bits per heavy atom.